The first kappa shape index (κ1) is 18.8. The van der Waals surface area contributed by atoms with E-state index in [4.69, 9.17) is 17.0 Å². The molecule has 140 valence electrons. The van der Waals surface area contributed by atoms with E-state index in [1.54, 1.807) is 18.2 Å². The molecule has 1 amide bonds. The van der Waals surface area contributed by atoms with Crippen LogP contribution >= 0.6 is 12.2 Å². The number of rotatable bonds is 6. The van der Waals surface area contributed by atoms with Crippen molar-refractivity contribution in [1.82, 2.24) is 14.9 Å². The minimum atomic E-state index is -0.147. The van der Waals surface area contributed by atoms with Crippen LogP contribution in [0.2, 0.25) is 0 Å². The first-order chi connectivity index (χ1) is 12.5. The third-order valence-electron chi connectivity index (χ3n) is 4.88. The van der Waals surface area contributed by atoms with Crippen LogP contribution in [0.4, 0.5) is 0 Å². The molecular formula is C19H25N3O3S. The molecule has 3 rings (SSSR count). The molecule has 2 unspecified atom stereocenters. The summed E-state index contributed by atoms with van der Waals surface area (Å²) in [6, 6.07) is 5.12. The molecule has 2 heterocycles. The normalized spacial score (nSPS) is 18.2. The Hall–Kier alpha value is -1.99. The Bertz CT molecular complexity index is 912. The minimum Gasteiger partial charge on any atom is -0.378 e. The van der Waals surface area contributed by atoms with Crippen molar-refractivity contribution in [2.45, 2.75) is 58.2 Å². The molecule has 0 radical (unpaired) electrons. The monoisotopic (exact) mass is 375 g/mol. The molecule has 2 aromatic rings. The predicted octanol–water partition coefficient (Wildman–Crippen LogP) is 3.16. The average molecular weight is 375 g/mol. The second kappa shape index (κ2) is 8.14. The molecule has 0 saturated carbocycles. The van der Waals surface area contributed by atoms with Gasteiger partial charge < -0.3 is 15.0 Å². The zero-order chi connectivity index (χ0) is 18.7. The third kappa shape index (κ3) is 4.04. The highest BCUT2D eigenvalue weighted by molar-refractivity contribution is 7.71. The van der Waals surface area contributed by atoms with Gasteiger partial charge in [-0.3, -0.25) is 14.2 Å². The molecule has 0 aliphatic carbocycles. The Morgan fingerprint density at radius 2 is 2.31 bits per heavy atom. The maximum Gasteiger partial charge on any atom is 0.262 e. The van der Waals surface area contributed by atoms with Gasteiger partial charge in [0.05, 0.1) is 17.0 Å². The fourth-order valence-electron chi connectivity index (χ4n) is 3.37. The highest BCUT2D eigenvalue weighted by Crippen LogP contribution is 2.18. The van der Waals surface area contributed by atoms with E-state index in [9.17, 15) is 9.59 Å². The SMILES string of the molecule is CCn1c(=S)[nH]c2cc(C(=O)NC(C)CCC3CCCO3)ccc2c1=O. The number of nitrogens with one attached hydrogen (secondary N) is 2. The second-order valence-corrected chi connectivity index (χ2v) is 7.21. The quantitative estimate of drug-likeness (QED) is 0.761. The lowest BCUT2D eigenvalue weighted by atomic mass is 10.1. The lowest BCUT2D eigenvalue weighted by molar-refractivity contribution is 0.0899. The number of carbonyl (C=O) groups excluding carboxylic acids is 1. The zero-order valence-corrected chi connectivity index (χ0v) is 16.0. The van der Waals surface area contributed by atoms with E-state index in [2.05, 4.69) is 10.3 Å². The number of carbonyl (C=O) groups is 1. The summed E-state index contributed by atoms with van der Waals surface area (Å²) < 4.78 is 7.50. The topological polar surface area (TPSA) is 76.1 Å². The molecule has 1 aromatic carbocycles. The number of hydrogen-bond donors (Lipinski definition) is 2. The smallest absolute Gasteiger partial charge is 0.262 e. The Kier molecular flexibility index (Phi) is 5.88. The first-order valence-electron chi connectivity index (χ1n) is 9.19. The number of nitrogens with zero attached hydrogens (tertiary/aromatic N) is 1. The van der Waals surface area contributed by atoms with Gasteiger partial charge in [-0.1, -0.05) is 0 Å². The maximum atomic E-state index is 12.5. The van der Waals surface area contributed by atoms with E-state index >= 15 is 0 Å². The fourth-order valence-corrected chi connectivity index (χ4v) is 3.69. The number of ether oxygens (including phenoxy) is 1. The van der Waals surface area contributed by atoms with Crippen molar-refractivity contribution in [2.24, 2.45) is 0 Å². The van der Waals surface area contributed by atoms with Gasteiger partial charge in [0.15, 0.2) is 4.77 Å². The van der Waals surface area contributed by atoms with Crippen LogP contribution in [0.25, 0.3) is 10.9 Å². The van der Waals surface area contributed by atoms with Gasteiger partial charge in [-0.05, 0) is 69.9 Å². The molecule has 2 atom stereocenters. The molecule has 1 fully saturated rings. The zero-order valence-electron chi connectivity index (χ0n) is 15.2. The average Bonchev–Trinajstić information content (AvgIpc) is 3.13. The van der Waals surface area contributed by atoms with E-state index in [1.165, 1.54) is 4.57 Å². The van der Waals surface area contributed by atoms with Crippen molar-refractivity contribution < 1.29 is 9.53 Å². The Morgan fingerprint density at radius 3 is 3.00 bits per heavy atom. The highest BCUT2D eigenvalue weighted by atomic mass is 32.1. The fraction of sp³-hybridized carbons (Fsp3) is 0.526. The number of benzene rings is 1. The van der Waals surface area contributed by atoms with Crippen molar-refractivity contribution in [3.63, 3.8) is 0 Å². The molecule has 26 heavy (non-hydrogen) atoms. The standard InChI is InChI=1S/C19H25N3O3S/c1-3-22-18(24)15-9-7-13(11-16(15)21-19(22)26)17(23)20-12(2)6-8-14-5-4-10-25-14/h7,9,11-12,14H,3-6,8,10H2,1-2H3,(H,20,23)(H,21,26). The van der Waals surface area contributed by atoms with Gasteiger partial charge in [-0.15, -0.1) is 0 Å². The Labute approximate surface area is 157 Å². The summed E-state index contributed by atoms with van der Waals surface area (Å²) in [5.41, 5.74) is 0.966. The van der Waals surface area contributed by atoms with Crippen molar-refractivity contribution in [3.8, 4) is 0 Å². The van der Waals surface area contributed by atoms with Crippen molar-refractivity contribution in [1.29, 1.82) is 0 Å². The van der Waals surface area contributed by atoms with E-state index in [1.807, 2.05) is 13.8 Å². The minimum absolute atomic E-state index is 0.0639. The number of amides is 1. The number of fused-ring (bicyclic) bond motifs is 1. The first-order valence-corrected chi connectivity index (χ1v) is 9.59. The number of aromatic nitrogens is 2. The summed E-state index contributed by atoms with van der Waals surface area (Å²) >= 11 is 5.23. The van der Waals surface area contributed by atoms with Crippen molar-refractivity contribution in [3.05, 3.63) is 38.9 Å². The molecule has 0 spiro atoms. The molecule has 1 aromatic heterocycles. The number of hydrogen-bond acceptors (Lipinski definition) is 4. The van der Waals surface area contributed by atoms with E-state index in [0.29, 0.717) is 33.9 Å². The Balaban J connectivity index is 1.72. The Morgan fingerprint density at radius 1 is 1.50 bits per heavy atom. The predicted molar refractivity (Wildman–Crippen MR) is 104 cm³/mol. The van der Waals surface area contributed by atoms with Gasteiger partial charge in [0.1, 0.15) is 0 Å². The van der Waals surface area contributed by atoms with Crippen LogP contribution in [-0.4, -0.2) is 34.2 Å². The van der Waals surface area contributed by atoms with Crippen LogP contribution in [0.1, 0.15) is 49.9 Å². The number of aromatic amines is 1. The summed E-state index contributed by atoms with van der Waals surface area (Å²) in [5.74, 6) is -0.147. The lowest BCUT2D eigenvalue weighted by Gasteiger charge is -2.16. The summed E-state index contributed by atoms with van der Waals surface area (Å²) in [6.45, 7) is 5.23. The van der Waals surface area contributed by atoms with Crippen molar-refractivity contribution in [2.75, 3.05) is 6.61 Å². The van der Waals surface area contributed by atoms with Gasteiger partial charge in [0.25, 0.3) is 11.5 Å². The van der Waals surface area contributed by atoms with Crippen LogP contribution in [-0.2, 0) is 11.3 Å². The van der Waals surface area contributed by atoms with Gasteiger partial charge >= 0.3 is 0 Å². The van der Waals surface area contributed by atoms with Crippen LogP contribution < -0.4 is 10.9 Å². The molecule has 7 heteroatoms. The van der Waals surface area contributed by atoms with Gasteiger partial charge in [0.2, 0.25) is 0 Å². The molecular weight excluding hydrogens is 350 g/mol. The van der Waals surface area contributed by atoms with E-state index < -0.39 is 0 Å². The molecule has 0 bridgehead atoms. The van der Waals surface area contributed by atoms with E-state index in [-0.39, 0.29) is 17.5 Å². The molecule has 1 aliphatic heterocycles. The molecule has 2 N–H and O–H groups in total. The highest BCUT2D eigenvalue weighted by Gasteiger charge is 2.18. The number of H-pyrrole nitrogens is 1. The van der Waals surface area contributed by atoms with Crippen molar-refractivity contribution >= 4 is 29.0 Å². The van der Waals surface area contributed by atoms with Crippen LogP contribution in [0.5, 0.6) is 0 Å². The van der Waals surface area contributed by atoms with Crippen LogP contribution in [0, 0.1) is 4.77 Å². The van der Waals surface area contributed by atoms with Gasteiger partial charge in [-0.25, -0.2) is 0 Å². The summed E-state index contributed by atoms with van der Waals surface area (Å²) in [6.07, 6.45) is 4.41. The van der Waals surface area contributed by atoms with E-state index in [0.717, 1.165) is 32.3 Å². The third-order valence-corrected chi connectivity index (χ3v) is 5.21. The summed E-state index contributed by atoms with van der Waals surface area (Å²) in [7, 11) is 0. The summed E-state index contributed by atoms with van der Waals surface area (Å²) in [4.78, 5) is 28.0. The molecule has 1 aliphatic rings. The molecule has 6 nitrogen and oxygen atoms in total. The second-order valence-electron chi connectivity index (χ2n) is 6.83. The summed E-state index contributed by atoms with van der Waals surface area (Å²) in [5, 5.41) is 3.55. The lowest BCUT2D eigenvalue weighted by Crippen LogP contribution is -2.33. The largest absolute Gasteiger partial charge is 0.378 e. The van der Waals surface area contributed by atoms with Gasteiger partial charge in [0, 0.05) is 24.8 Å². The maximum absolute atomic E-state index is 12.5. The van der Waals surface area contributed by atoms with Gasteiger partial charge in [-0.2, -0.15) is 0 Å². The molecule has 1 saturated heterocycles. The van der Waals surface area contributed by atoms with Crippen LogP contribution in [0.15, 0.2) is 23.0 Å². The van der Waals surface area contributed by atoms with Crippen LogP contribution in [0.3, 0.4) is 0 Å².